The molecule has 1 aromatic carbocycles. The number of likely N-dealkylation sites (tertiary alicyclic amines) is 1. The highest BCUT2D eigenvalue weighted by Gasteiger charge is 2.22. The summed E-state index contributed by atoms with van der Waals surface area (Å²) in [4.78, 5) is 6.80. The van der Waals surface area contributed by atoms with Gasteiger partial charge in [-0.2, -0.15) is 0 Å². The van der Waals surface area contributed by atoms with Crippen molar-refractivity contribution in [1.82, 2.24) is 14.5 Å². The first-order chi connectivity index (χ1) is 12.9. The highest BCUT2D eigenvalue weighted by atomic mass is 16.5. The second kappa shape index (κ2) is 8.89. The molecule has 27 heavy (non-hydrogen) atoms. The number of hydrogen-bond acceptors (Lipinski definition) is 4. The summed E-state index contributed by atoms with van der Waals surface area (Å²) in [6.45, 7) is 9.32. The molecule has 0 radical (unpaired) electrons. The molecule has 1 aliphatic heterocycles. The SMILES string of the molecule is Cc1ccc(C)c(OCC(O)CN2CCC(Cc3nccn3C)CC2)c1C. The van der Waals surface area contributed by atoms with Gasteiger partial charge in [-0.05, 0) is 69.3 Å². The maximum atomic E-state index is 10.4. The van der Waals surface area contributed by atoms with E-state index in [4.69, 9.17) is 4.74 Å². The van der Waals surface area contributed by atoms with Crippen molar-refractivity contribution in [2.24, 2.45) is 13.0 Å². The summed E-state index contributed by atoms with van der Waals surface area (Å²) < 4.78 is 8.08. The highest BCUT2D eigenvalue weighted by Crippen LogP contribution is 2.26. The number of aromatic nitrogens is 2. The number of imidazole rings is 1. The summed E-state index contributed by atoms with van der Waals surface area (Å²) in [6.07, 6.45) is 6.80. The van der Waals surface area contributed by atoms with E-state index in [9.17, 15) is 5.11 Å². The van der Waals surface area contributed by atoms with E-state index in [1.807, 2.05) is 12.4 Å². The third-order valence-electron chi connectivity index (χ3n) is 5.86. The second-order valence-corrected chi connectivity index (χ2v) is 8.02. The molecule has 1 aliphatic rings. The number of benzene rings is 1. The lowest BCUT2D eigenvalue weighted by Crippen LogP contribution is -2.41. The van der Waals surface area contributed by atoms with Crippen molar-refractivity contribution in [3.63, 3.8) is 0 Å². The zero-order chi connectivity index (χ0) is 19.4. The van der Waals surface area contributed by atoms with Crippen LogP contribution in [0.1, 0.15) is 35.4 Å². The van der Waals surface area contributed by atoms with Crippen LogP contribution >= 0.6 is 0 Å². The van der Waals surface area contributed by atoms with Gasteiger partial charge in [-0.25, -0.2) is 4.98 Å². The average Bonchev–Trinajstić information content (AvgIpc) is 3.05. The summed E-state index contributed by atoms with van der Waals surface area (Å²) in [7, 11) is 2.06. The van der Waals surface area contributed by atoms with E-state index in [1.54, 1.807) is 0 Å². The molecule has 1 saturated heterocycles. The van der Waals surface area contributed by atoms with Gasteiger partial charge in [-0.1, -0.05) is 12.1 Å². The van der Waals surface area contributed by atoms with Crippen molar-refractivity contribution >= 4 is 0 Å². The summed E-state index contributed by atoms with van der Waals surface area (Å²) in [6, 6.07) is 4.19. The van der Waals surface area contributed by atoms with Gasteiger partial charge in [0.15, 0.2) is 0 Å². The minimum absolute atomic E-state index is 0.346. The van der Waals surface area contributed by atoms with E-state index >= 15 is 0 Å². The topological polar surface area (TPSA) is 50.5 Å². The molecule has 1 aromatic heterocycles. The van der Waals surface area contributed by atoms with E-state index < -0.39 is 6.10 Å². The Labute approximate surface area is 163 Å². The van der Waals surface area contributed by atoms with Crippen LogP contribution < -0.4 is 4.74 Å². The number of hydrogen-bond donors (Lipinski definition) is 1. The molecule has 0 bridgehead atoms. The Hall–Kier alpha value is -1.85. The third-order valence-corrected chi connectivity index (χ3v) is 5.86. The molecule has 5 heteroatoms. The maximum Gasteiger partial charge on any atom is 0.125 e. The van der Waals surface area contributed by atoms with Crippen LogP contribution in [-0.4, -0.2) is 51.9 Å². The quantitative estimate of drug-likeness (QED) is 0.813. The largest absolute Gasteiger partial charge is 0.490 e. The molecule has 0 saturated carbocycles. The molecule has 1 unspecified atom stereocenters. The highest BCUT2D eigenvalue weighted by molar-refractivity contribution is 5.44. The number of rotatable bonds is 7. The Morgan fingerprint density at radius 1 is 1.19 bits per heavy atom. The van der Waals surface area contributed by atoms with Crippen LogP contribution in [-0.2, 0) is 13.5 Å². The first kappa shape index (κ1) is 19.9. The molecule has 0 spiro atoms. The van der Waals surface area contributed by atoms with Gasteiger partial charge >= 0.3 is 0 Å². The summed E-state index contributed by atoms with van der Waals surface area (Å²) in [5, 5.41) is 10.4. The number of aliphatic hydroxyl groups is 1. The monoisotopic (exact) mass is 371 g/mol. The average molecular weight is 372 g/mol. The van der Waals surface area contributed by atoms with E-state index in [0.717, 1.165) is 49.2 Å². The van der Waals surface area contributed by atoms with E-state index in [0.29, 0.717) is 19.1 Å². The molecule has 1 atom stereocenters. The number of ether oxygens (including phenoxy) is 1. The van der Waals surface area contributed by atoms with E-state index in [2.05, 4.69) is 54.4 Å². The minimum Gasteiger partial charge on any atom is -0.490 e. The maximum absolute atomic E-state index is 10.4. The van der Waals surface area contributed by atoms with Crippen molar-refractivity contribution in [1.29, 1.82) is 0 Å². The van der Waals surface area contributed by atoms with E-state index in [-0.39, 0.29) is 0 Å². The molecular formula is C22H33N3O2. The molecule has 2 heterocycles. The predicted octanol–water partition coefficient (Wildman–Crippen LogP) is 3.04. The summed E-state index contributed by atoms with van der Waals surface area (Å²) in [5.74, 6) is 2.78. The van der Waals surface area contributed by atoms with Gasteiger partial charge < -0.3 is 19.3 Å². The zero-order valence-electron chi connectivity index (χ0n) is 17.1. The van der Waals surface area contributed by atoms with Crippen molar-refractivity contribution in [3.8, 4) is 5.75 Å². The van der Waals surface area contributed by atoms with Gasteiger partial charge in [0.05, 0.1) is 0 Å². The smallest absolute Gasteiger partial charge is 0.125 e. The Bertz CT molecular complexity index is 748. The molecule has 5 nitrogen and oxygen atoms in total. The van der Waals surface area contributed by atoms with Crippen LogP contribution in [0.3, 0.4) is 0 Å². The van der Waals surface area contributed by atoms with Crippen molar-refractivity contribution in [2.45, 2.75) is 46.1 Å². The lowest BCUT2D eigenvalue weighted by atomic mass is 9.93. The Kier molecular flexibility index (Phi) is 6.55. The summed E-state index contributed by atoms with van der Waals surface area (Å²) in [5.41, 5.74) is 3.51. The van der Waals surface area contributed by atoms with Gasteiger partial charge in [0.2, 0.25) is 0 Å². The van der Waals surface area contributed by atoms with Crippen LogP contribution in [0.25, 0.3) is 0 Å². The fraction of sp³-hybridized carbons (Fsp3) is 0.591. The van der Waals surface area contributed by atoms with Crippen LogP contribution in [0.5, 0.6) is 5.75 Å². The predicted molar refractivity (Wildman–Crippen MR) is 108 cm³/mol. The minimum atomic E-state index is -0.463. The van der Waals surface area contributed by atoms with Crippen LogP contribution in [0.2, 0.25) is 0 Å². The van der Waals surface area contributed by atoms with Crippen LogP contribution in [0, 0.1) is 26.7 Å². The third kappa shape index (κ3) is 5.11. The van der Waals surface area contributed by atoms with Gasteiger partial charge in [0.25, 0.3) is 0 Å². The molecule has 0 aliphatic carbocycles. The molecule has 148 valence electrons. The van der Waals surface area contributed by atoms with Crippen molar-refractivity contribution in [3.05, 3.63) is 47.0 Å². The fourth-order valence-corrected chi connectivity index (χ4v) is 3.90. The van der Waals surface area contributed by atoms with Crippen molar-refractivity contribution in [2.75, 3.05) is 26.2 Å². The number of aliphatic hydroxyl groups excluding tert-OH is 1. The lowest BCUT2D eigenvalue weighted by Gasteiger charge is -2.33. The van der Waals surface area contributed by atoms with Crippen molar-refractivity contribution < 1.29 is 9.84 Å². The second-order valence-electron chi connectivity index (χ2n) is 8.02. The van der Waals surface area contributed by atoms with Gasteiger partial charge in [-0.3, -0.25) is 0 Å². The molecule has 3 rings (SSSR count). The van der Waals surface area contributed by atoms with Gasteiger partial charge in [0.1, 0.15) is 24.3 Å². The number of nitrogens with zero attached hydrogens (tertiary/aromatic N) is 3. The zero-order valence-corrected chi connectivity index (χ0v) is 17.1. The number of piperidine rings is 1. The first-order valence-corrected chi connectivity index (χ1v) is 10.00. The van der Waals surface area contributed by atoms with Gasteiger partial charge in [-0.15, -0.1) is 0 Å². The lowest BCUT2D eigenvalue weighted by molar-refractivity contribution is 0.0545. The summed E-state index contributed by atoms with van der Waals surface area (Å²) >= 11 is 0. The molecule has 0 amide bonds. The molecule has 1 N–H and O–H groups in total. The standard InChI is InChI=1S/C22H33N3O2/c1-16-5-6-17(2)22(18(16)3)27-15-20(26)14-25-10-7-19(8-11-25)13-21-23-9-12-24(21)4/h5-6,9,12,19-20,26H,7-8,10-11,13-15H2,1-4H3. The van der Waals surface area contributed by atoms with Gasteiger partial charge in [0, 0.05) is 32.4 Å². The van der Waals surface area contributed by atoms with Crippen LogP contribution in [0.4, 0.5) is 0 Å². The number of β-amino-alcohol motifs (C(OH)–C–C–N with tert-alkyl or cyclic N) is 1. The Morgan fingerprint density at radius 2 is 1.89 bits per heavy atom. The van der Waals surface area contributed by atoms with Crippen LogP contribution in [0.15, 0.2) is 24.5 Å². The molecule has 2 aromatic rings. The first-order valence-electron chi connectivity index (χ1n) is 10.00. The van der Waals surface area contributed by atoms with E-state index in [1.165, 1.54) is 11.4 Å². The Balaban J connectivity index is 1.43. The number of aryl methyl sites for hydroxylation is 3. The fourth-order valence-electron chi connectivity index (χ4n) is 3.90. The molecular weight excluding hydrogens is 338 g/mol. The normalized spacial score (nSPS) is 17.2. The Morgan fingerprint density at radius 3 is 2.56 bits per heavy atom. The molecule has 1 fully saturated rings.